The molecule has 0 aliphatic carbocycles. The Morgan fingerprint density at radius 2 is 2.09 bits per heavy atom. The van der Waals surface area contributed by atoms with Crippen LogP contribution in [0.3, 0.4) is 0 Å². The third-order valence-corrected chi connectivity index (χ3v) is 3.33. The van der Waals surface area contributed by atoms with Crippen LogP contribution in [0.15, 0.2) is 23.2 Å². The van der Waals surface area contributed by atoms with Crippen molar-refractivity contribution in [3.8, 4) is 0 Å². The van der Waals surface area contributed by atoms with Crippen LogP contribution < -0.4 is 16.0 Å². The summed E-state index contributed by atoms with van der Waals surface area (Å²) in [4.78, 5) is 16.4. The fraction of sp³-hybridized carbons (Fsp3) is 0.500. The lowest BCUT2D eigenvalue weighted by molar-refractivity contribution is -0.116. The number of carbonyl (C=O) groups is 1. The molecule has 1 rings (SSSR count). The van der Waals surface area contributed by atoms with Crippen molar-refractivity contribution in [2.75, 3.05) is 18.4 Å². The molecular formula is C16H25ClN4O. The van der Waals surface area contributed by atoms with Gasteiger partial charge < -0.3 is 16.0 Å². The molecule has 0 fully saturated rings. The minimum absolute atomic E-state index is 0.0745. The predicted octanol–water partition coefficient (Wildman–Crippen LogP) is 2.94. The second-order valence-corrected chi connectivity index (χ2v) is 5.68. The molecule has 0 radical (unpaired) electrons. The van der Waals surface area contributed by atoms with E-state index < -0.39 is 0 Å². The zero-order valence-corrected chi connectivity index (χ0v) is 14.4. The second kappa shape index (κ2) is 9.30. The molecule has 6 heteroatoms. The van der Waals surface area contributed by atoms with Crippen LogP contribution in [-0.4, -0.2) is 31.0 Å². The molecule has 22 heavy (non-hydrogen) atoms. The Bertz CT molecular complexity index is 529. The summed E-state index contributed by atoms with van der Waals surface area (Å²) in [6.07, 6.45) is 0.320. The number of amides is 1. The van der Waals surface area contributed by atoms with E-state index in [1.165, 1.54) is 0 Å². The van der Waals surface area contributed by atoms with Crippen LogP contribution in [0.5, 0.6) is 0 Å². The molecule has 0 bridgehead atoms. The smallest absolute Gasteiger partial charge is 0.226 e. The summed E-state index contributed by atoms with van der Waals surface area (Å²) in [5.41, 5.74) is 1.62. The number of hydrogen-bond acceptors (Lipinski definition) is 2. The Kier molecular flexibility index (Phi) is 7.74. The molecule has 1 aromatic carbocycles. The molecule has 1 aromatic rings. The number of guanidine groups is 1. The average molecular weight is 325 g/mol. The molecule has 0 saturated heterocycles. The van der Waals surface area contributed by atoms with Gasteiger partial charge in [0.15, 0.2) is 5.96 Å². The van der Waals surface area contributed by atoms with Gasteiger partial charge in [0.05, 0.1) is 6.54 Å². The van der Waals surface area contributed by atoms with E-state index in [0.717, 1.165) is 23.8 Å². The Morgan fingerprint density at radius 3 is 2.73 bits per heavy atom. The summed E-state index contributed by atoms with van der Waals surface area (Å²) in [6, 6.07) is 5.75. The highest BCUT2D eigenvalue weighted by molar-refractivity contribution is 6.31. The third kappa shape index (κ3) is 6.35. The summed E-state index contributed by atoms with van der Waals surface area (Å²) in [6.45, 7) is 9.18. The van der Waals surface area contributed by atoms with Gasteiger partial charge in [-0.05, 0) is 45.4 Å². The van der Waals surface area contributed by atoms with E-state index in [-0.39, 0.29) is 5.91 Å². The van der Waals surface area contributed by atoms with Gasteiger partial charge in [-0.25, -0.2) is 0 Å². The second-order valence-electron chi connectivity index (χ2n) is 5.27. The molecule has 5 nitrogen and oxygen atoms in total. The molecule has 1 amide bonds. The number of halogens is 1. The van der Waals surface area contributed by atoms with Crippen LogP contribution >= 0.6 is 11.6 Å². The van der Waals surface area contributed by atoms with Crippen LogP contribution in [0.1, 0.15) is 32.8 Å². The topological polar surface area (TPSA) is 65.5 Å². The Morgan fingerprint density at radius 1 is 1.36 bits per heavy atom. The molecule has 0 aliphatic rings. The third-order valence-electron chi connectivity index (χ3n) is 2.92. The van der Waals surface area contributed by atoms with Crippen molar-refractivity contribution in [1.82, 2.24) is 10.6 Å². The predicted molar refractivity (Wildman–Crippen MR) is 93.7 cm³/mol. The molecule has 0 saturated carbocycles. The first kappa shape index (κ1) is 18.3. The molecule has 0 aliphatic heterocycles. The first-order valence-corrected chi connectivity index (χ1v) is 7.91. The molecule has 0 aromatic heterocycles. The fourth-order valence-corrected chi connectivity index (χ4v) is 1.99. The summed E-state index contributed by atoms with van der Waals surface area (Å²) < 4.78 is 0. The van der Waals surface area contributed by atoms with E-state index in [1.807, 2.05) is 39.8 Å². The number of nitrogens with one attached hydrogen (secondary N) is 3. The molecule has 3 N–H and O–H groups in total. The standard InChI is InChI=1S/C16H25ClN4O/c1-5-18-16(20-11(2)3)19-10-9-15(22)21-14-8-6-7-13(17)12(14)4/h6-8,11H,5,9-10H2,1-4H3,(H,21,22)(H2,18,19,20). The summed E-state index contributed by atoms with van der Waals surface area (Å²) in [7, 11) is 0. The summed E-state index contributed by atoms with van der Waals surface area (Å²) in [5.74, 6) is 0.652. The fourth-order valence-electron chi connectivity index (χ4n) is 1.82. The monoisotopic (exact) mass is 324 g/mol. The lowest BCUT2D eigenvalue weighted by atomic mass is 10.2. The number of anilines is 1. The van der Waals surface area contributed by atoms with E-state index in [9.17, 15) is 4.79 Å². The van der Waals surface area contributed by atoms with Crippen LogP contribution in [0.25, 0.3) is 0 Å². The van der Waals surface area contributed by atoms with Crippen LogP contribution in [0, 0.1) is 6.92 Å². The number of hydrogen-bond donors (Lipinski definition) is 3. The molecular weight excluding hydrogens is 300 g/mol. The van der Waals surface area contributed by atoms with Crippen molar-refractivity contribution in [1.29, 1.82) is 0 Å². The molecule has 0 heterocycles. The van der Waals surface area contributed by atoms with Crippen molar-refractivity contribution in [2.45, 2.75) is 40.2 Å². The highest BCUT2D eigenvalue weighted by Gasteiger charge is 2.07. The van der Waals surface area contributed by atoms with Crippen LogP contribution in [0.2, 0.25) is 5.02 Å². The van der Waals surface area contributed by atoms with Crippen molar-refractivity contribution >= 4 is 29.2 Å². The number of nitrogens with zero attached hydrogens (tertiary/aromatic N) is 1. The Labute approximate surface area is 137 Å². The van der Waals surface area contributed by atoms with E-state index in [4.69, 9.17) is 11.6 Å². The number of aliphatic imine (C=N–C) groups is 1. The van der Waals surface area contributed by atoms with Gasteiger partial charge in [0.2, 0.25) is 5.91 Å². The first-order valence-electron chi connectivity index (χ1n) is 7.53. The molecule has 0 unspecified atom stereocenters. The molecule has 122 valence electrons. The first-order chi connectivity index (χ1) is 10.4. The van der Waals surface area contributed by atoms with Gasteiger partial charge in [0.25, 0.3) is 0 Å². The van der Waals surface area contributed by atoms with Gasteiger partial charge in [-0.2, -0.15) is 0 Å². The van der Waals surface area contributed by atoms with Gasteiger partial charge in [-0.1, -0.05) is 17.7 Å². The highest BCUT2D eigenvalue weighted by Crippen LogP contribution is 2.22. The maximum absolute atomic E-state index is 12.0. The minimum Gasteiger partial charge on any atom is -0.357 e. The highest BCUT2D eigenvalue weighted by atomic mass is 35.5. The quantitative estimate of drug-likeness (QED) is 0.557. The van der Waals surface area contributed by atoms with Crippen molar-refractivity contribution in [3.63, 3.8) is 0 Å². The maximum Gasteiger partial charge on any atom is 0.226 e. The van der Waals surface area contributed by atoms with Crippen molar-refractivity contribution in [2.24, 2.45) is 4.99 Å². The Hall–Kier alpha value is -1.75. The number of carbonyl (C=O) groups excluding carboxylic acids is 1. The van der Waals surface area contributed by atoms with Crippen LogP contribution in [-0.2, 0) is 4.79 Å². The van der Waals surface area contributed by atoms with Gasteiger partial charge in [0.1, 0.15) is 0 Å². The lowest BCUT2D eigenvalue weighted by Gasteiger charge is -2.14. The van der Waals surface area contributed by atoms with E-state index in [0.29, 0.717) is 24.0 Å². The average Bonchev–Trinajstić information content (AvgIpc) is 2.43. The van der Waals surface area contributed by atoms with Gasteiger partial charge in [0, 0.05) is 29.7 Å². The molecule has 0 spiro atoms. The number of benzene rings is 1. The van der Waals surface area contributed by atoms with E-state index in [1.54, 1.807) is 6.07 Å². The minimum atomic E-state index is -0.0745. The largest absolute Gasteiger partial charge is 0.357 e. The maximum atomic E-state index is 12.0. The van der Waals surface area contributed by atoms with E-state index in [2.05, 4.69) is 20.9 Å². The van der Waals surface area contributed by atoms with Gasteiger partial charge in [-0.15, -0.1) is 0 Å². The van der Waals surface area contributed by atoms with Gasteiger partial charge in [-0.3, -0.25) is 9.79 Å². The van der Waals surface area contributed by atoms with Crippen molar-refractivity contribution < 1.29 is 4.79 Å². The zero-order valence-electron chi connectivity index (χ0n) is 13.7. The van der Waals surface area contributed by atoms with Crippen LogP contribution in [0.4, 0.5) is 5.69 Å². The van der Waals surface area contributed by atoms with Crippen molar-refractivity contribution in [3.05, 3.63) is 28.8 Å². The summed E-state index contributed by atoms with van der Waals surface area (Å²) >= 11 is 6.04. The number of rotatable bonds is 6. The zero-order chi connectivity index (χ0) is 16.5. The summed E-state index contributed by atoms with van der Waals surface area (Å²) in [5, 5.41) is 9.86. The van der Waals surface area contributed by atoms with Gasteiger partial charge >= 0.3 is 0 Å². The lowest BCUT2D eigenvalue weighted by Crippen LogP contribution is -2.41. The Balaban J connectivity index is 2.53. The molecule has 0 atom stereocenters. The van der Waals surface area contributed by atoms with E-state index >= 15 is 0 Å². The normalized spacial score (nSPS) is 11.5. The SMILES string of the molecule is CCNC(=NCCC(=O)Nc1cccc(Cl)c1C)NC(C)C.